The van der Waals surface area contributed by atoms with E-state index in [1.807, 2.05) is 13.8 Å². The molecule has 0 aromatic rings. The van der Waals surface area contributed by atoms with E-state index in [1.54, 1.807) is 7.11 Å². The van der Waals surface area contributed by atoms with E-state index in [2.05, 4.69) is 0 Å². The molecule has 0 bridgehead atoms. The van der Waals surface area contributed by atoms with Gasteiger partial charge in [-0.25, -0.2) is 0 Å². The van der Waals surface area contributed by atoms with Crippen molar-refractivity contribution in [2.24, 2.45) is 0 Å². The zero-order valence-corrected chi connectivity index (χ0v) is 8.16. The number of hydrogen-bond acceptors (Lipinski definition) is 3. The number of carboxylic acid groups (broad SMARTS) is 1. The number of rotatable bonds is 4. The van der Waals surface area contributed by atoms with Crippen LogP contribution in [0.1, 0.15) is 20.8 Å². The van der Waals surface area contributed by atoms with Crippen LogP contribution in [-0.2, 0) is 14.3 Å². The molecule has 0 spiro atoms. The van der Waals surface area contributed by atoms with Crippen molar-refractivity contribution in [3.63, 3.8) is 0 Å². The van der Waals surface area contributed by atoms with Crippen LogP contribution >= 0.6 is 0 Å². The Labute approximate surface area is 73.5 Å². The highest BCUT2D eigenvalue weighted by Crippen LogP contribution is 1.86. The average molecular weight is 178 g/mol. The van der Waals surface area contributed by atoms with Gasteiger partial charge in [0, 0.05) is 20.6 Å². The smallest absolute Gasteiger partial charge is 0.300 e. The maximum absolute atomic E-state index is 9.00. The Morgan fingerprint density at radius 1 is 1.58 bits per heavy atom. The fourth-order valence-electron chi connectivity index (χ4n) is 0.352. The van der Waals surface area contributed by atoms with Gasteiger partial charge >= 0.3 is 0 Å². The molecule has 0 fully saturated rings. The van der Waals surface area contributed by atoms with Crippen LogP contribution in [-0.4, -0.2) is 37.5 Å². The highest BCUT2D eigenvalue weighted by molar-refractivity contribution is 5.62. The fourth-order valence-corrected chi connectivity index (χ4v) is 0.352. The Kier molecular flexibility index (Phi) is 12.1. The van der Waals surface area contributed by atoms with Gasteiger partial charge in [-0.1, -0.05) is 0 Å². The first kappa shape index (κ1) is 13.9. The molecule has 12 heavy (non-hydrogen) atoms. The van der Waals surface area contributed by atoms with Gasteiger partial charge in [-0.2, -0.15) is 0 Å². The van der Waals surface area contributed by atoms with Crippen LogP contribution in [0.25, 0.3) is 0 Å². The van der Waals surface area contributed by atoms with Crippen LogP contribution < -0.4 is 0 Å². The summed E-state index contributed by atoms with van der Waals surface area (Å²) in [6, 6.07) is 0. The number of methoxy groups -OCH3 is 1. The minimum absolute atomic E-state index is 0.231. The number of ether oxygens (including phenoxy) is 2. The normalized spacial score (nSPS) is 11.3. The Morgan fingerprint density at radius 3 is 2.25 bits per heavy atom. The first-order chi connectivity index (χ1) is 5.54. The predicted molar refractivity (Wildman–Crippen MR) is 46.3 cm³/mol. The van der Waals surface area contributed by atoms with Crippen LogP contribution in [0.5, 0.6) is 0 Å². The van der Waals surface area contributed by atoms with E-state index in [4.69, 9.17) is 19.4 Å². The number of carbonyl (C=O) groups is 1. The molecule has 0 aromatic carbocycles. The summed E-state index contributed by atoms with van der Waals surface area (Å²) in [7, 11) is 1.68. The van der Waals surface area contributed by atoms with Crippen molar-refractivity contribution in [1.82, 2.24) is 0 Å². The second-order valence-electron chi connectivity index (χ2n) is 2.22. The lowest BCUT2D eigenvalue weighted by atomic mass is 10.4. The van der Waals surface area contributed by atoms with Gasteiger partial charge in [-0.15, -0.1) is 0 Å². The molecule has 0 rings (SSSR count). The Balaban J connectivity index is 0. The highest BCUT2D eigenvalue weighted by Gasteiger charge is 1.95. The fraction of sp³-hybridized carbons (Fsp3) is 0.875. The average Bonchev–Trinajstić information content (AvgIpc) is 1.99. The van der Waals surface area contributed by atoms with E-state index < -0.39 is 5.97 Å². The van der Waals surface area contributed by atoms with Crippen LogP contribution in [0.15, 0.2) is 0 Å². The lowest BCUT2D eigenvalue weighted by Gasteiger charge is -2.07. The Hall–Kier alpha value is -0.610. The van der Waals surface area contributed by atoms with Gasteiger partial charge in [0.15, 0.2) is 0 Å². The molecule has 1 atom stereocenters. The van der Waals surface area contributed by atoms with Crippen LogP contribution in [0.3, 0.4) is 0 Å². The molecule has 0 aromatic heterocycles. The summed E-state index contributed by atoms with van der Waals surface area (Å²) < 4.78 is 9.99. The zero-order chi connectivity index (χ0) is 9.98. The summed E-state index contributed by atoms with van der Waals surface area (Å²) in [5.41, 5.74) is 0. The maximum Gasteiger partial charge on any atom is 0.300 e. The molecular formula is C8H18O4. The molecule has 0 aliphatic carbocycles. The largest absolute Gasteiger partial charge is 0.481 e. The highest BCUT2D eigenvalue weighted by atomic mass is 16.5. The maximum atomic E-state index is 9.00. The van der Waals surface area contributed by atoms with Gasteiger partial charge < -0.3 is 14.6 Å². The molecule has 0 saturated heterocycles. The monoisotopic (exact) mass is 178 g/mol. The van der Waals surface area contributed by atoms with Gasteiger partial charge in [0.25, 0.3) is 5.97 Å². The molecule has 0 heterocycles. The molecule has 1 N–H and O–H groups in total. The van der Waals surface area contributed by atoms with Crippen molar-refractivity contribution in [2.75, 3.05) is 20.3 Å². The van der Waals surface area contributed by atoms with Crippen LogP contribution in [0.4, 0.5) is 0 Å². The van der Waals surface area contributed by atoms with E-state index in [1.165, 1.54) is 0 Å². The summed E-state index contributed by atoms with van der Waals surface area (Å²) in [4.78, 5) is 9.00. The number of aliphatic carboxylic acids is 1. The Morgan fingerprint density at radius 2 is 2.00 bits per heavy atom. The topological polar surface area (TPSA) is 55.8 Å². The first-order valence-corrected chi connectivity index (χ1v) is 3.84. The second kappa shape index (κ2) is 10.4. The van der Waals surface area contributed by atoms with Gasteiger partial charge in [0.2, 0.25) is 0 Å². The molecule has 0 aliphatic heterocycles. The SMILES string of the molecule is CC(=O)O.CCOCC(C)OC. The molecule has 0 saturated carbocycles. The predicted octanol–water partition coefficient (Wildman–Crippen LogP) is 1.15. The minimum Gasteiger partial charge on any atom is -0.481 e. The molecule has 0 aliphatic rings. The summed E-state index contributed by atoms with van der Waals surface area (Å²) in [6.07, 6.45) is 0.231. The van der Waals surface area contributed by atoms with Crippen molar-refractivity contribution in [3.05, 3.63) is 0 Å². The summed E-state index contributed by atoms with van der Waals surface area (Å²) in [5.74, 6) is -0.833. The number of hydrogen-bond donors (Lipinski definition) is 1. The Bertz CT molecular complexity index is 99.2. The third-order valence-corrected chi connectivity index (χ3v) is 0.959. The molecule has 1 unspecified atom stereocenters. The third kappa shape index (κ3) is 22.8. The first-order valence-electron chi connectivity index (χ1n) is 3.84. The molecule has 4 nitrogen and oxygen atoms in total. The zero-order valence-electron chi connectivity index (χ0n) is 8.16. The molecule has 4 heteroatoms. The number of carboxylic acids is 1. The van der Waals surface area contributed by atoms with Gasteiger partial charge in [-0.3, -0.25) is 4.79 Å². The van der Waals surface area contributed by atoms with Gasteiger partial charge in [0.05, 0.1) is 12.7 Å². The van der Waals surface area contributed by atoms with E-state index in [9.17, 15) is 0 Å². The van der Waals surface area contributed by atoms with Gasteiger partial charge in [-0.05, 0) is 13.8 Å². The third-order valence-electron chi connectivity index (χ3n) is 0.959. The van der Waals surface area contributed by atoms with E-state index >= 15 is 0 Å². The van der Waals surface area contributed by atoms with Crippen molar-refractivity contribution in [3.8, 4) is 0 Å². The quantitative estimate of drug-likeness (QED) is 0.701. The van der Waals surface area contributed by atoms with Gasteiger partial charge in [0.1, 0.15) is 0 Å². The summed E-state index contributed by atoms with van der Waals surface area (Å²) in [6.45, 7) is 6.51. The van der Waals surface area contributed by atoms with E-state index in [-0.39, 0.29) is 6.10 Å². The van der Waals surface area contributed by atoms with Crippen molar-refractivity contribution < 1.29 is 19.4 Å². The van der Waals surface area contributed by atoms with E-state index in [0.717, 1.165) is 13.5 Å². The van der Waals surface area contributed by atoms with E-state index in [0.29, 0.717) is 6.61 Å². The van der Waals surface area contributed by atoms with Crippen LogP contribution in [0, 0.1) is 0 Å². The summed E-state index contributed by atoms with van der Waals surface area (Å²) >= 11 is 0. The second-order valence-corrected chi connectivity index (χ2v) is 2.22. The van der Waals surface area contributed by atoms with Crippen molar-refractivity contribution in [1.29, 1.82) is 0 Å². The minimum atomic E-state index is -0.833. The summed E-state index contributed by atoms with van der Waals surface area (Å²) in [5, 5.41) is 7.42. The molecule has 0 radical (unpaired) electrons. The molecule has 74 valence electrons. The lowest BCUT2D eigenvalue weighted by molar-refractivity contribution is -0.134. The van der Waals surface area contributed by atoms with Crippen molar-refractivity contribution in [2.45, 2.75) is 26.9 Å². The molecular weight excluding hydrogens is 160 g/mol. The molecule has 0 amide bonds. The van der Waals surface area contributed by atoms with Crippen LogP contribution in [0.2, 0.25) is 0 Å². The van der Waals surface area contributed by atoms with Crippen molar-refractivity contribution >= 4 is 5.97 Å². The lowest BCUT2D eigenvalue weighted by Crippen LogP contribution is -2.13. The standard InChI is InChI=1S/C6H14O2.C2H4O2/c1-4-8-5-6(2)7-3;1-2(3)4/h6H,4-5H2,1-3H3;1H3,(H,3,4).